The van der Waals surface area contributed by atoms with Gasteiger partial charge >= 0.3 is 0 Å². The molecule has 0 amide bonds. The van der Waals surface area contributed by atoms with E-state index in [0.717, 1.165) is 16.6 Å². The first-order valence-electron chi connectivity index (χ1n) is 5.20. The Morgan fingerprint density at radius 3 is 2.56 bits per heavy atom. The van der Waals surface area contributed by atoms with Crippen molar-refractivity contribution < 1.29 is 5.11 Å². The third-order valence-corrected chi connectivity index (χ3v) is 2.72. The number of benzene rings is 1. The number of nitrogens with zero attached hydrogens (tertiary/aromatic N) is 1. The highest BCUT2D eigenvalue weighted by molar-refractivity contribution is 5.74. The van der Waals surface area contributed by atoms with Crippen molar-refractivity contribution in [1.82, 2.24) is 4.40 Å². The molecule has 3 rings (SSSR count). The van der Waals surface area contributed by atoms with Crippen LogP contribution in [0.25, 0.3) is 16.6 Å². The fourth-order valence-electron chi connectivity index (χ4n) is 1.92. The quantitative estimate of drug-likeness (QED) is 0.653. The summed E-state index contributed by atoms with van der Waals surface area (Å²) >= 11 is 0. The fraction of sp³-hybridized carbons (Fsp3) is 0. The third kappa shape index (κ3) is 1.36. The fourth-order valence-corrected chi connectivity index (χ4v) is 1.92. The zero-order chi connectivity index (χ0) is 11.0. The molecule has 16 heavy (non-hydrogen) atoms. The van der Waals surface area contributed by atoms with Gasteiger partial charge in [-0.25, -0.2) is 0 Å². The molecule has 78 valence electrons. The van der Waals surface area contributed by atoms with Crippen LogP contribution in [0.4, 0.5) is 0 Å². The Morgan fingerprint density at radius 2 is 1.75 bits per heavy atom. The number of hydrogen-bond donors (Lipinski definition) is 1. The van der Waals surface area contributed by atoms with Gasteiger partial charge in [-0.05, 0) is 24.3 Å². The van der Waals surface area contributed by atoms with Crippen LogP contribution in [-0.2, 0) is 0 Å². The summed E-state index contributed by atoms with van der Waals surface area (Å²) in [6.07, 6.45) is 4.02. The van der Waals surface area contributed by atoms with Crippen molar-refractivity contribution in [2.45, 2.75) is 0 Å². The van der Waals surface area contributed by atoms with Crippen LogP contribution in [0.15, 0.2) is 60.9 Å². The molecule has 0 spiro atoms. The maximum atomic E-state index is 9.78. The normalized spacial score (nSPS) is 10.8. The van der Waals surface area contributed by atoms with Crippen LogP contribution in [0.2, 0.25) is 0 Å². The van der Waals surface area contributed by atoms with Crippen molar-refractivity contribution >= 4 is 5.52 Å². The van der Waals surface area contributed by atoms with E-state index in [2.05, 4.69) is 6.07 Å². The summed E-state index contributed by atoms with van der Waals surface area (Å²) in [4.78, 5) is 0. The minimum Gasteiger partial charge on any atom is -0.507 e. The lowest BCUT2D eigenvalue weighted by Crippen LogP contribution is -1.77. The zero-order valence-corrected chi connectivity index (χ0v) is 8.67. The first kappa shape index (κ1) is 9.04. The number of hydrogen-bond acceptors (Lipinski definition) is 1. The highest BCUT2D eigenvalue weighted by Crippen LogP contribution is 2.29. The van der Waals surface area contributed by atoms with Gasteiger partial charge in [0, 0.05) is 29.0 Å². The number of aromatic nitrogens is 1. The Kier molecular flexibility index (Phi) is 1.93. The van der Waals surface area contributed by atoms with E-state index in [1.807, 2.05) is 53.2 Å². The number of rotatable bonds is 1. The molecule has 2 aromatic heterocycles. The van der Waals surface area contributed by atoms with Crippen molar-refractivity contribution in [3.63, 3.8) is 0 Å². The predicted octanol–water partition coefficient (Wildman–Crippen LogP) is 3.31. The molecule has 0 saturated carbocycles. The van der Waals surface area contributed by atoms with Gasteiger partial charge in [0.15, 0.2) is 0 Å². The van der Waals surface area contributed by atoms with Gasteiger partial charge in [-0.2, -0.15) is 0 Å². The first-order chi connectivity index (χ1) is 7.84. The van der Waals surface area contributed by atoms with Crippen LogP contribution in [0.5, 0.6) is 5.75 Å². The summed E-state index contributed by atoms with van der Waals surface area (Å²) in [5.41, 5.74) is 3.02. The average Bonchev–Trinajstić information content (AvgIpc) is 2.73. The summed E-state index contributed by atoms with van der Waals surface area (Å²) in [6, 6.07) is 15.5. The first-order valence-corrected chi connectivity index (χ1v) is 5.20. The highest BCUT2D eigenvalue weighted by Gasteiger charge is 2.05. The van der Waals surface area contributed by atoms with Crippen LogP contribution in [0.1, 0.15) is 0 Å². The maximum Gasteiger partial charge on any atom is 0.123 e. The minimum atomic E-state index is 0.318. The SMILES string of the molecule is Oc1ccccc1-c1cc2ccccn2c1. The van der Waals surface area contributed by atoms with E-state index in [4.69, 9.17) is 0 Å². The van der Waals surface area contributed by atoms with Crippen LogP contribution in [0.3, 0.4) is 0 Å². The largest absolute Gasteiger partial charge is 0.507 e. The molecule has 1 aromatic carbocycles. The van der Waals surface area contributed by atoms with E-state index < -0.39 is 0 Å². The summed E-state index contributed by atoms with van der Waals surface area (Å²) in [7, 11) is 0. The Labute approximate surface area is 93.4 Å². The van der Waals surface area contributed by atoms with E-state index in [1.165, 1.54) is 0 Å². The lowest BCUT2D eigenvalue weighted by atomic mass is 10.1. The standard InChI is InChI=1S/C14H11NO/c16-14-7-2-1-6-13(14)11-9-12-5-3-4-8-15(12)10-11/h1-10,16H. The average molecular weight is 209 g/mol. The van der Waals surface area contributed by atoms with E-state index in [-0.39, 0.29) is 0 Å². The van der Waals surface area contributed by atoms with Crippen molar-refractivity contribution in [3.8, 4) is 16.9 Å². The molecule has 0 saturated heterocycles. The number of para-hydroxylation sites is 1. The van der Waals surface area contributed by atoms with Gasteiger partial charge in [-0.15, -0.1) is 0 Å². The van der Waals surface area contributed by atoms with Crippen molar-refractivity contribution in [3.05, 3.63) is 60.9 Å². The summed E-state index contributed by atoms with van der Waals surface area (Å²) in [5, 5.41) is 9.78. The second kappa shape index (κ2) is 3.42. The Bertz CT molecular complexity index is 607. The molecule has 0 aliphatic heterocycles. The second-order valence-corrected chi connectivity index (χ2v) is 3.78. The maximum absolute atomic E-state index is 9.78. The van der Waals surface area contributed by atoms with E-state index in [0.29, 0.717) is 5.75 Å². The van der Waals surface area contributed by atoms with Gasteiger partial charge in [0.25, 0.3) is 0 Å². The van der Waals surface area contributed by atoms with Crippen molar-refractivity contribution in [2.24, 2.45) is 0 Å². The number of aromatic hydroxyl groups is 1. The Balaban J connectivity index is 2.23. The van der Waals surface area contributed by atoms with E-state index >= 15 is 0 Å². The molecule has 0 radical (unpaired) electrons. The lowest BCUT2D eigenvalue weighted by molar-refractivity contribution is 0.477. The van der Waals surface area contributed by atoms with Gasteiger partial charge < -0.3 is 9.51 Å². The molecule has 1 N–H and O–H groups in total. The number of pyridine rings is 1. The summed E-state index contributed by atoms with van der Waals surface area (Å²) in [5.74, 6) is 0.318. The van der Waals surface area contributed by atoms with Crippen LogP contribution in [-0.4, -0.2) is 9.51 Å². The molecule has 0 aliphatic rings. The van der Waals surface area contributed by atoms with Gasteiger partial charge in [0.05, 0.1) is 0 Å². The van der Waals surface area contributed by atoms with Crippen molar-refractivity contribution in [1.29, 1.82) is 0 Å². The van der Waals surface area contributed by atoms with Gasteiger partial charge in [-0.1, -0.05) is 24.3 Å². The summed E-state index contributed by atoms with van der Waals surface area (Å²) in [6.45, 7) is 0. The predicted molar refractivity (Wildman–Crippen MR) is 64.5 cm³/mol. The highest BCUT2D eigenvalue weighted by atomic mass is 16.3. The molecular weight excluding hydrogens is 198 g/mol. The van der Waals surface area contributed by atoms with E-state index in [1.54, 1.807) is 6.07 Å². The molecule has 0 atom stereocenters. The Morgan fingerprint density at radius 1 is 0.938 bits per heavy atom. The molecule has 2 heteroatoms. The zero-order valence-electron chi connectivity index (χ0n) is 8.67. The molecule has 2 nitrogen and oxygen atoms in total. The van der Waals surface area contributed by atoms with Crippen LogP contribution < -0.4 is 0 Å². The minimum absolute atomic E-state index is 0.318. The molecule has 3 aromatic rings. The van der Waals surface area contributed by atoms with E-state index in [9.17, 15) is 5.11 Å². The summed E-state index contributed by atoms with van der Waals surface area (Å²) < 4.78 is 2.04. The van der Waals surface area contributed by atoms with Crippen LogP contribution >= 0.6 is 0 Å². The molecule has 0 unspecified atom stereocenters. The van der Waals surface area contributed by atoms with Gasteiger partial charge in [0.2, 0.25) is 0 Å². The monoisotopic (exact) mass is 209 g/mol. The number of phenols is 1. The third-order valence-electron chi connectivity index (χ3n) is 2.72. The number of phenolic OH excluding ortho intramolecular Hbond substituents is 1. The molecular formula is C14H11NO. The van der Waals surface area contributed by atoms with Crippen LogP contribution in [0, 0.1) is 0 Å². The second-order valence-electron chi connectivity index (χ2n) is 3.78. The van der Waals surface area contributed by atoms with Gasteiger partial charge in [0.1, 0.15) is 5.75 Å². The molecule has 0 bridgehead atoms. The molecule has 0 fully saturated rings. The lowest BCUT2D eigenvalue weighted by Gasteiger charge is -1.99. The van der Waals surface area contributed by atoms with Crippen molar-refractivity contribution in [2.75, 3.05) is 0 Å². The van der Waals surface area contributed by atoms with Gasteiger partial charge in [-0.3, -0.25) is 0 Å². The Hall–Kier alpha value is -2.22. The molecule has 0 aliphatic carbocycles. The number of fused-ring (bicyclic) bond motifs is 1. The smallest absolute Gasteiger partial charge is 0.123 e. The molecule has 2 heterocycles. The topological polar surface area (TPSA) is 24.6 Å².